The van der Waals surface area contributed by atoms with Gasteiger partial charge in [-0.05, 0) is 75.9 Å². The second kappa shape index (κ2) is 8.79. The lowest BCUT2D eigenvalue weighted by Gasteiger charge is -2.21. The van der Waals surface area contributed by atoms with Gasteiger partial charge in [-0.3, -0.25) is 4.79 Å². The van der Waals surface area contributed by atoms with Crippen LogP contribution in [0, 0.1) is 20.8 Å². The fraction of sp³-hybridized carbons (Fsp3) is 0.385. The molecule has 1 amide bonds. The fourth-order valence-corrected chi connectivity index (χ4v) is 4.69. The van der Waals surface area contributed by atoms with Crippen LogP contribution in [0.1, 0.15) is 42.3 Å². The first-order valence-electron chi connectivity index (χ1n) is 11.0. The van der Waals surface area contributed by atoms with Crippen molar-refractivity contribution in [1.29, 1.82) is 0 Å². The maximum absolute atomic E-state index is 13.4. The van der Waals surface area contributed by atoms with Crippen LogP contribution in [-0.4, -0.2) is 47.7 Å². The summed E-state index contributed by atoms with van der Waals surface area (Å²) in [5.74, 6) is -0.678. The monoisotopic (exact) mass is 434 g/mol. The molecule has 1 aromatic carbocycles. The summed E-state index contributed by atoms with van der Waals surface area (Å²) < 4.78 is 12.9. The third kappa shape index (κ3) is 3.91. The molecule has 0 spiro atoms. The molecule has 1 saturated heterocycles. The van der Waals surface area contributed by atoms with Crippen molar-refractivity contribution in [2.45, 2.75) is 46.6 Å². The molecule has 168 valence electrons. The Morgan fingerprint density at radius 3 is 2.66 bits per heavy atom. The number of hydrogen-bond donors (Lipinski definition) is 0. The molecular weight excluding hydrogens is 404 g/mol. The minimum Gasteiger partial charge on any atom is -0.465 e. The molecular formula is C26H30N2O4. The highest BCUT2D eigenvalue weighted by Gasteiger charge is 2.38. The van der Waals surface area contributed by atoms with Crippen molar-refractivity contribution < 1.29 is 19.1 Å². The van der Waals surface area contributed by atoms with Gasteiger partial charge in [0.2, 0.25) is 0 Å². The van der Waals surface area contributed by atoms with Crippen molar-refractivity contribution in [2.24, 2.45) is 0 Å². The number of allylic oxidation sites excluding steroid dienone is 1. The number of aromatic nitrogens is 1. The van der Waals surface area contributed by atoms with E-state index in [1.165, 1.54) is 12.7 Å². The van der Waals surface area contributed by atoms with Crippen molar-refractivity contribution in [3.05, 3.63) is 69.7 Å². The lowest BCUT2D eigenvalue weighted by Crippen LogP contribution is -2.33. The van der Waals surface area contributed by atoms with E-state index >= 15 is 0 Å². The number of benzene rings is 1. The summed E-state index contributed by atoms with van der Waals surface area (Å²) in [5, 5.41) is 0. The number of carbonyl (C=O) groups excluding carboxylic acids is 2. The number of ether oxygens (including phenoxy) is 2. The first-order chi connectivity index (χ1) is 15.3. The predicted molar refractivity (Wildman–Crippen MR) is 123 cm³/mol. The van der Waals surface area contributed by atoms with Crippen LogP contribution in [-0.2, 0) is 19.1 Å². The Kier molecular flexibility index (Phi) is 6.07. The Morgan fingerprint density at radius 2 is 2.00 bits per heavy atom. The molecule has 32 heavy (non-hydrogen) atoms. The molecule has 1 fully saturated rings. The Balaban J connectivity index is 1.76. The summed E-state index contributed by atoms with van der Waals surface area (Å²) in [6.45, 7) is 9.10. The quantitative estimate of drug-likeness (QED) is 0.521. The van der Waals surface area contributed by atoms with E-state index < -0.39 is 5.97 Å². The van der Waals surface area contributed by atoms with Crippen LogP contribution in [0.25, 0.3) is 11.8 Å². The van der Waals surface area contributed by atoms with Crippen molar-refractivity contribution in [1.82, 2.24) is 9.47 Å². The highest BCUT2D eigenvalue weighted by molar-refractivity contribution is 6.16. The Hall–Kier alpha value is -3.12. The molecule has 1 unspecified atom stereocenters. The van der Waals surface area contributed by atoms with E-state index in [4.69, 9.17) is 9.47 Å². The standard InChI is InChI=1S/C26H30N2O4/c1-16-8-6-9-21(12-16)28-17(2)13-20(18(28)3)14-23-24(26(30)31-5)19(4)27(25(23)29)15-22-10-7-11-32-22/h6,8-9,12-14,22H,7,10-11,15H2,1-5H3. The van der Waals surface area contributed by atoms with Crippen LogP contribution in [0.15, 0.2) is 47.2 Å². The molecule has 1 atom stereocenters. The van der Waals surface area contributed by atoms with Gasteiger partial charge in [-0.2, -0.15) is 0 Å². The van der Waals surface area contributed by atoms with E-state index in [2.05, 4.69) is 29.7 Å². The predicted octanol–water partition coefficient (Wildman–Crippen LogP) is 4.25. The van der Waals surface area contributed by atoms with E-state index in [9.17, 15) is 9.59 Å². The topological polar surface area (TPSA) is 60.8 Å². The molecule has 0 saturated carbocycles. The third-order valence-corrected chi connectivity index (χ3v) is 6.34. The van der Waals surface area contributed by atoms with Crippen LogP contribution in [0.2, 0.25) is 0 Å². The number of nitrogens with zero attached hydrogens (tertiary/aromatic N) is 2. The molecule has 4 rings (SSSR count). The zero-order valence-electron chi connectivity index (χ0n) is 19.4. The summed E-state index contributed by atoms with van der Waals surface area (Å²) >= 11 is 0. The molecule has 0 N–H and O–H groups in total. The number of carbonyl (C=O) groups is 2. The average Bonchev–Trinajstić information content (AvgIpc) is 3.43. The molecule has 6 heteroatoms. The average molecular weight is 435 g/mol. The number of esters is 1. The number of rotatable bonds is 5. The minimum absolute atomic E-state index is 0.00136. The highest BCUT2D eigenvalue weighted by atomic mass is 16.5. The molecule has 0 bridgehead atoms. The summed E-state index contributed by atoms with van der Waals surface area (Å²) in [7, 11) is 1.34. The number of hydrogen-bond acceptors (Lipinski definition) is 4. The zero-order chi connectivity index (χ0) is 23.0. The minimum atomic E-state index is -0.496. The molecule has 0 radical (unpaired) electrons. The Bertz CT molecular complexity index is 1130. The molecule has 2 aliphatic rings. The molecule has 1 aromatic heterocycles. The summed E-state index contributed by atoms with van der Waals surface area (Å²) in [6.07, 6.45) is 3.73. The van der Waals surface area contributed by atoms with E-state index in [0.717, 1.165) is 35.5 Å². The number of amides is 1. The summed E-state index contributed by atoms with van der Waals surface area (Å²) in [5.41, 5.74) is 6.54. The Labute approximate surface area is 189 Å². The normalized spacial score (nSPS) is 20.0. The lowest BCUT2D eigenvalue weighted by molar-refractivity contribution is -0.136. The number of aryl methyl sites for hydroxylation is 2. The first kappa shape index (κ1) is 22.1. The molecule has 2 aromatic rings. The fourth-order valence-electron chi connectivity index (χ4n) is 4.69. The molecule has 3 heterocycles. The van der Waals surface area contributed by atoms with Crippen LogP contribution in [0.4, 0.5) is 0 Å². The van der Waals surface area contributed by atoms with E-state index in [1.807, 2.05) is 32.1 Å². The van der Waals surface area contributed by atoms with Crippen LogP contribution in [0.3, 0.4) is 0 Å². The van der Waals surface area contributed by atoms with Crippen LogP contribution < -0.4 is 0 Å². The summed E-state index contributed by atoms with van der Waals surface area (Å²) in [4.78, 5) is 27.7. The van der Waals surface area contributed by atoms with E-state index in [0.29, 0.717) is 30.0 Å². The van der Waals surface area contributed by atoms with Gasteiger partial charge in [-0.1, -0.05) is 12.1 Å². The maximum atomic E-state index is 13.4. The van der Waals surface area contributed by atoms with Gasteiger partial charge in [0.05, 0.1) is 30.9 Å². The van der Waals surface area contributed by atoms with Gasteiger partial charge in [-0.15, -0.1) is 0 Å². The third-order valence-electron chi connectivity index (χ3n) is 6.34. The van der Waals surface area contributed by atoms with Crippen molar-refractivity contribution in [3.63, 3.8) is 0 Å². The first-order valence-corrected chi connectivity index (χ1v) is 11.0. The van der Waals surface area contributed by atoms with Crippen molar-refractivity contribution in [2.75, 3.05) is 20.3 Å². The van der Waals surface area contributed by atoms with Gasteiger partial charge >= 0.3 is 5.97 Å². The van der Waals surface area contributed by atoms with Gasteiger partial charge in [0, 0.05) is 29.4 Å². The number of methoxy groups -OCH3 is 1. The Morgan fingerprint density at radius 1 is 1.22 bits per heavy atom. The second-order valence-electron chi connectivity index (χ2n) is 8.56. The lowest BCUT2D eigenvalue weighted by atomic mass is 10.0. The molecule has 0 aliphatic carbocycles. The van der Waals surface area contributed by atoms with Crippen molar-refractivity contribution in [3.8, 4) is 5.69 Å². The molecule has 2 aliphatic heterocycles. The van der Waals surface area contributed by atoms with E-state index in [-0.39, 0.29) is 12.0 Å². The van der Waals surface area contributed by atoms with E-state index in [1.54, 1.807) is 11.8 Å². The van der Waals surface area contributed by atoms with Gasteiger partial charge < -0.3 is 18.9 Å². The smallest absolute Gasteiger partial charge is 0.340 e. The van der Waals surface area contributed by atoms with Crippen LogP contribution in [0.5, 0.6) is 0 Å². The maximum Gasteiger partial charge on any atom is 0.340 e. The van der Waals surface area contributed by atoms with Gasteiger partial charge in [0.1, 0.15) is 0 Å². The summed E-state index contributed by atoms with van der Waals surface area (Å²) in [6, 6.07) is 10.3. The largest absolute Gasteiger partial charge is 0.465 e. The second-order valence-corrected chi connectivity index (χ2v) is 8.56. The SMILES string of the molecule is COC(=O)C1=C(C)N(CC2CCCO2)C(=O)C1=Cc1cc(C)n(-c2cccc(C)c2)c1C. The van der Waals surface area contributed by atoms with Gasteiger partial charge in [0.15, 0.2) is 0 Å². The zero-order valence-corrected chi connectivity index (χ0v) is 19.4. The molecule has 6 nitrogen and oxygen atoms in total. The van der Waals surface area contributed by atoms with Gasteiger partial charge in [0.25, 0.3) is 5.91 Å². The van der Waals surface area contributed by atoms with Gasteiger partial charge in [-0.25, -0.2) is 4.79 Å². The van der Waals surface area contributed by atoms with Crippen molar-refractivity contribution >= 4 is 18.0 Å². The highest BCUT2D eigenvalue weighted by Crippen LogP contribution is 2.34. The van der Waals surface area contributed by atoms with Crippen LogP contribution >= 0.6 is 0 Å².